The topological polar surface area (TPSA) is 118 Å². The molecule has 1 heterocycles. The maximum Gasteiger partial charge on any atom is 0.354 e. The molecule has 2 amide bonds. The second kappa shape index (κ2) is 7.59. The largest absolute Gasteiger partial charge is 0.384 e. The molecule has 4 N–H and O–H groups in total. The van der Waals surface area contributed by atoms with Crippen molar-refractivity contribution in [3.63, 3.8) is 0 Å². The monoisotopic (exact) mass is 430 g/mol. The van der Waals surface area contributed by atoms with Crippen LogP contribution >= 0.6 is 0 Å². The maximum absolute atomic E-state index is 13.1. The lowest BCUT2D eigenvalue weighted by Crippen LogP contribution is -2.31. The zero-order chi connectivity index (χ0) is 21.7. The SMILES string of the molecule is Cc1nc(C(C)(C)O)ccc1S(N)(=O)=NC(=O)NC1=C2CCCC2=CC2CCCC12. The third-order valence-electron chi connectivity index (χ3n) is 6.38. The predicted octanol–water partition coefficient (Wildman–Crippen LogP) is 3.82. The van der Waals surface area contributed by atoms with Crippen molar-refractivity contribution in [2.24, 2.45) is 21.3 Å². The minimum atomic E-state index is -3.47. The molecule has 0 spiro atoms. The van der Waals surface area contributed by atoms with Gasteiger partial charge in [0.25, 0.3) is 0 Å². The van der Waals surface area contributed by atoms with Crippen molar-refractivity contribution in [2.45, 2.75) is 69.8 Å². The number of amides is 2. The van der Waals surface area contributed by atoms with Crippen molar-refractivity contribution in [1.29, 1.82) is 0 Å². The summed E-state index contributed by atoms with van der Waals surface area (Å²) in [5.74, 6) is 0.782. The van der Waals surface area contributed by atoms with Gasteiger partial charge in [-0.25, -0.2) is 14.1 Å². The first-order chi connectivity index (χ1) is 14.1. The van der Waals surface area contributed by atoms with Crippen LogP contribution in [-0.2, 0) is 15.5 Å². The summed E-state index contributed by atoms with van der Waals surface area (Å²) in [4.78, 5) is 17.3. The highest BCUT2D eigenvalue weighted by Crippen LogP contribution is 2.47. The number of urea groups is 1. The minimum Gasteiger partial charge on any atom is -0.384 e. The molecule has 2 saturated carbocycles. The van der Waals surface area contributed by atoms with Crippen molar-refractivity contribution < 1.29 is 14.1 Å². The molecule has 2 fully saturated rings. The number of aryl methyl sites for hydroxylation is 1. The fourth-order valence-corrected chi connectivity index (χ4v) is 6.09. The van der Waals surface area contributed by atoms with Crippen molar-refractivity contribution in [2.75, 3.05) is 0 Å². The number of carbonyl (C=O) groups excluding carboxylic acids is 1. The Morgan fingerprint density at radius 2 is 2.07 bits per heavy atom. The number of pyridine rings is 1. The molecule has 30 heavy (non-hydrogen) atoms. The summed E-state index contributed by atoms with van der Waals surface area (Å²) in [6.07, 6.45) is 8.86. The maximum atomic E-state index is 13.1. The number of nitrogens with two attached hydrogens (primary N) is 1. The molecule has 1 aromatic heterocycles. The van der Waals surface area contributed by atoms with Gasteiger partial charge in [0.1, 0.15) is 15.5 Å². The summed E-state index contributed by atoms with van der Waals surface area (Å²) >= 11 is 0. The van der Waals surface area contributed by atoms with Gasteiger partial charge in [-0.2, -0.15) is 0 Å². The second-order valence-electron chi connectivity index (χ2n) is 9.07. The van der Waals surface area contributed by atoms with Gasteiger partial charge in [-0.1, -0.05) is 12.5 Å². The van der Waals surface area contributed by atoms with Crippen molar-refractivity contribution >= 4 is 15.9 Å². The van der Waals surface area contributed by atoms with E-state index in [-0.39, 0.29) is 4.90 Å². The number of hydrogen-bond acceptors (Lipinski definition) is 4. The van der Waals surface area contributed by atoms with Crippen LogP contribution < -0.4 is 10.5 Å². The first-order valence-electron chi connectivity index (χ1n) is 10.6. The van der Waals surface area contributed by atoms with Crippen LogP contribution in [0.4, 0.5) is 4.79 Å². The Bertz CT molecular complexity index is 1070. The van der Waals surface area contributed by atoms with Gasteiger partial charge in [-0.05, 0) is 82.1 Å². The van der Waals surface area contributed by atoms with Crippen LogP contribution in [0.2, 0.25) is 0 Å². The van der Waals surface area contributed by atoms with Gasteiger partial charge in [-0.3, -0.25) is 4.98 Å². The summed E-state index contributed by atoms with van der Waals surface area (Å²) in [6, 6.07) is 2.42. The van der Waals surface area contributed by atoms with Crippen LogP contribution in [0.5, 0.6) is 0 Å². The highest BCUT2D eigenvalue weighted by molar-refractivity contribution is 7.91. The minimum absolute atomic E-state index is 0.201. The van der Waals surface area contributed by atoms with E-state index >= 15 is 0 Å². The number of nitrogens with one attached hydrogen (secondary N) is 1. The quantitative estimate of drug-likeness (QED) is 0.675. The lowest BCUT2D eigenvalue weighted by molar-refractivity contribution is 0.0735. The van der Waals surface area contributed by atoms with E-state index in [1.165, 1.54) is 17.2 Å². The van der Waals surface area contributed by atoms with E-state index in [9.17, 15) is 14.1 Å². The van der Waals surface area contributed by atoms with Crippen molar-refractivity contribution in [3.05, 3.63) is 46.4 Å². The molecule has 162 valence electrons. The molecular weight excluding hydrogens is 400 g/mol. The van der Waals surface area contributed by atoms with Gasteiger partial charge in [0.2, 0.25) is 0 Å². The molecule has 0 saturated heterocycles. The van der Waals surface area contributed by atoms with Gasteiger partial charge in [0.05, 0.1) is 16.3 Å². The molecule has 7 nitrogen and oxygen atoms in total. The fourth-order valence-electron chi connectivity index (χ4n) is 4.96. The van der Waals surface area contributed by atoms with E-state index in [4.69, 9.17) is 5.14 Å². The third-order valence-corrected chi connectivity index (χ3v) is 7.88. The Morgan fingerprint density at radius 3 is 2.77 bits per heavy atom. The van der Waals surface area contributed by atoms with Crippen LogP contribution in [0.1, 0.15) is 63.8 Å². The lowest BCUT2D eigenvalue weighted by atomic mass is 9.82. The molecular formula is C22H30N4O3S. The van der Waals surface area contributed by atoms with Crippen molar-refractivity contribution in [1.82, 2.24) is 10.3 Å². The first-order valence-corrected chi connectivity index (χ1v) is 12.1. The average molecular weight is 431 g/mol. The number of nitrogens with zero attached hydrogens (tertiary/aromatic N) is 2. The predicted molar refractivity (Wildman–Crippen MR) is 116 cm³/mol. The Morgan fingerprint density at radius 1 is 1.30 bits per heavy atom. The second-order valence-corrected chi connectivity index (χ2v) is 10.8. The molecule has 0 aromatic carbocycles. The van der Waals surface area contributed by atoms with E-state index in [1.54, 1.807) is 26.8 Å². The Balaban J connectivity index is 1.62. The molecule has 4 rings (SSSR count). The highest BCUT2D eigenvalue weighted by Gasteiger charge is 2.37. The number of carbonyl (C=O) groups is 1. The van der Waals surface area contributed by atoms with E-state index in [1.807, 2.05) is 0 Å². The van der Waals surface area contributed by atoms with E-state index in [0.717, 1.165) is 44.2 Å². The molecule has 3 aliphatic rings. The van der Waals surface area contributed by atoms with Crippen molar-refractivity contribution in [3.8, 4) is 0 Å². The lowest BCUT2D eigenvalue weighted by Gasteiger charge is -2.28. The van der Waals surface area contributed by atoms with Crippen LogP contribution in [-0.4, -0.2) is 20.3 Å². The number of hydrogen-bond donors (Lipinski definition) is 3. The van der Waals surface area contributed by atoms with Crippen LogP contribution in [0.3, 0.4) is 0 Å². The normalized spacial score (nSPS) is 25.3. The number of fused-ring (bicyclic) bond motifs is 2. The van der Waals surface area contributed by atoms with Crippen LogP contribution in [0.15, 0.2) is 44.3 Å². The zero-order valence-corrected chi connectivity index (χ0v) is 18.6. The van der Waals surface area contributed by atoms with Crippen LogP contribution in [0, 0.1) is 18.8 Å². The molecule has 0 bridgehead atoms. The van der Waals surface area contributed by atoms with E-state index in [0.29, 0.717) is 23.2 Å². The van der Waals surface area contributed by atoms with Gasteiger partial charge >= 0.3 is 6.03 Å². The van der Waals surface area contributed by atoms with Gasteiger partial charge in [0, 0.05) is 11.6 Å². The third kappa shape index (κ3) is 3.96. The summed E-state index contributed by atoms with van der Waals surface area (Å²) in [5.41, 5.74) is 3.23. The van der Waals surface area contributed by atoms with Crippen LogP contribution in [0.25, 0.3) is 0 Å². The number of allylic oxidation sites excluding steroid dienone is 4. The standard InChI is InChI=1S/C22H30N4O3S/c1-13-18(10-11-19(24-13)22(2,3)28)30(23,29)26-21(27)25-20-16-8-4-6-14(16)12-15-7-5-9-17(15)20/h10-12,14,16,28H,4-9H2,1-3H3,(H3,23,25,26,27,29). The first kappa shape index (κ1) is 21.2. The van der Waals surface area contributed by atoms with E-state index in [2.05, 4.69) is 20.7 Å². The summed E-state index contributed by atoms with van der Waals surface area (Å²) < 4.78 is 17.0. The molecule has 3 unspecified atom stereocenters. The zero-order valence-electron chi connectivity index (χ0n) is 17.8. The Labute approximate surface area is 178 Å². The number of aliphatic hydroxyl groups is 1. The van der Waals surface area contributed by atoms with Gasteiger partial charge < -0.3 is 10.4 Å². The molecule has 8 heteroatoms. The fraction of sp³-hybridized carbons (Fsp3) is 0.545. The molecule has 3 atom stereocenters. The number of aromatic nitrogens is 1. The van der Waals surface area contributed by atoms with Gasteiger partial charge in [0.15, 0.2) is 0 Å². The van der Waals surface area contributed by atoms with E-state index < -0.39 is 21.5 Å². The molecule has 0 aliphatic heterocycles. The summed E-state index contributed by atoms with van der Waals surface area (Å²) in [7, 11) is -3.47. The van der Waals surface area contributed by atoms with Gasteiger partial charge in [-0.15, -0.1) is 4.36 Å². The number of rotatable bonds is 3. The average Bonchev–Trinajstić information content (AvgIpc) is 3.28. The summed E-state index contributed by atoms with van der Waals surface area (Å²) in [6.45, 7) is 4.88. The Hall–Kier alpha value is -2.03. The summed E-state index contributed by atoms with van der Waals surface area (Å²) in [5, 5.41) is 19.1. The molecule has 3 aliphatic carbocycles. The Kier molecular flexibility index (Phi) is 5.36. The molecule has 1 aromatic rings. The molecule has 0 radical (unpaired) electrons. The smallest absolute Gasteiger partial charge is 0.354 e. The highest BCUT2D eigenvalue weighted by atomic mass is 32.2.